The van der Waals surface area contributed by atoms with Gasteiger partial charge in [0.05, 0.1) is 6.10 Å². The smallest absolute Gasteiger partial charge is 0.0914 e. The van der Waals surface area contributed by atoms with Crippen LogP contribution in [-0.2, 0) is 0 Å². The summed E-state index contributed by atoms with van der Waals surface area (Å²) in [6, 6.07) is 28.7. The van der Waals surface area contributed by atoms with E-state index in [2.05, 4.69) is 65.0 Å². The van der Waals surface area contributed by atoms with Crippen molar-refractivity contribution in [3.8, 4) is 0 Å². The van der Waals surface area contributed by atoms with E-state index in [1.54, 1.807) is 0 Å². The fourth-order valence-corrected chi connectivity index (χ4v) is 3.63. The summed E-state index contributed by atoms with van der Waals surface area (Å²) in [6.45, 7) is 1.28. The Kier molecular flexibility index (Phi) is 5.33. The highest BCUT2D eigenvalue weighted by Gasteiger charge is 2.18. The van der Waals surface area contributed by atoms with Gasteiger partial charge in [-0.1, -0.05) is 78.9 Å². The number of para-hydroxylation sites is 1. The van der Waals surface area contributed by atoms with Crippen molar-refractivity contribution in [3.63, 3.8) is 0 Å². The van der Waals surface area contributed by atoms with Gasteiger partial charge in [-0.15, -0.1) is 0 Å². The molecule has 0 saturated carbocycles. The molecule has 0 aliphatic rings. The first-order chi connectivity index (χ1) is 13.3. The molecule has 1 heterocycles. The fourth-order valence-electron chi connectivity index (χ4n) is 3.63. The Hall–Kier alpha value is -2.88. The van der Waals surface area contributed by atoms with E-state index in [-0.39, 0.29) is 5.92 Å². The molecule has 0 aliphatic heterocycles. The van der Waals surface area contributed by atoms with E-state index in [0.717, 1.165) is 17.6 Å². The normalized spacial score (nSPS) is 13.5. The third-order valence-electron chi connectivity index (χ3n) is 5.07. The second-order valence-corrected chi connectivity index (χ2v) is 6.84. The monoisotopic (exact) mass is 356 g/mol. The van der Waals surface area contributed by atoms with Gasteiger partial charge in [-0.2, -0.15) is 0 Å². The summed E-state index contributed by atoms with van der Waals surface area (Å²) in [5, 5.41) is 15.2. The van der Waals surface area contributed by atoms with Gasteiger partial charge >= 0.3 is 0 Å². The van der Waals surface area contributed by atoms with Crippen LogP contribution in [0, 0.1) is 0 Å². The second kappa shape index (κ2) is 8.21. The number of rotatable bonds is 7. The molecule has 3 nitrogen and oxygen atoms in total. The molecular weight excluding hydrogens is 332 g/mol. The molecule has 0 saturated heterocycles. The van der Waals surface area contributed by atoms with Crippen molar-refractivity contribution < 1.29 is 5.11 Å². The number of aromatic amines is 1. The SMILES string of the molecule is OC(CNCC(c1ccccc1)c1c[nH]c2ccccc12)c1ccccc1. The maximum absolute atomic E-state index is 10.4. The zero-order valence-corrected chi connectivity index (χ0v) is 15.2. The first kappa shape index (κ1) is 17.5. The Morgan fingerprint density at radius 1 is 0.741 bits per heavy atom. The van der Waals surface area contributed by atoms with Crippen molar-refractivity contribution >= 4 is 10.9 Å². The van der Waals surface area contributed by atoms with E-state index in [0.29, 0.717) is 6.54 Å². The molecule has 0 bridgehead atoms. The number of aliphatic hydroxyl groups is 1. The van der Waals surface area contributed by atoms with Crippen LogP contribution in [0.5, 0.6) is 0 Å². The number of H-pyrrole nitrogens is 1. The van der Waals surface area contributed by atoms with Gasteiger partial charge in [0.15, 0.2) is 0 Å². The highest BCUT2D eigenvalue weighted by Crippen LogP contribution is 2.30. The van der Waals surface area contributed by atoms with E-state index >= 15 is 0 Å². The zero-order valence-electron chi connectivity index (χ0n) is 15.2. The Bertz CT molecular complexity index is 979. The lowest BCUT2D eigenvalue weighted by Crippen LogP contribution is -2.27. The quantitative estimate of drug-likeness (QED) is 0.452. The van der Waals surface area contributed by atoms with Gasteiger partial charge in [-0.05, 0) is 22.8 Å². The van der Waals surface area contributed by atoms with Crippen LogP contribution in [0.4, 0.5) is 0 Å². The van der Waals surface area contributed by atoms with Gasteiger partial charge in [0.25, 0.3) is 0 Å². The maximum Gasteiger partial charge on any atom is 0.0914 e. The number of nitrogens with one attached hydrogen (secondary N) is 2. The zero-order chi connectivity index (χ0) is 18.5. The van der Waals surface area contributed by atoms with Crippen molar-refractivity contribution in [1.29, 1.82) is 0 Å². The minimum atomic E-state index is -0.509. The molecule has 0 fully saturated rings. The van der Waals surface area contributed by atoms with Crippen LogP contribution in [0.25, 0.3) is 10.9 Å². The molecule has 2 unspecified atom stereocenters. The lowest BCUT2D eigenvalue weighted by atomic mass is 9.91. The molecule has 0 aliphatic carbocycles. The Labute approximate surface area is 159 Å². The number of benzene rings is 3. The van der Waals surface area contributed by atoms with Gasteiger partial charge in [-0.3, -0.25) is 0 Å². The lowest BCUT2D eigenvalue weighted by Gasteiger charge is -2.20. The molecule has 3 heteroatoms. The van der Waals surface area contributed by atoms with Crippen molar-refractivity contribution in [1.82, 2.24) is 10.3 Å². The van der Waals surface area contributed by atoms with Crippen LogP contribution in [0.2, 0.25) is 0 Å². The number of aromatic nitrogens is 1. The summed E-state index contributed by atoms with van der Waals surface area (Å²) in [5.74, 6) is 0.213. The number of fused-ring (bicyclic) bond motifs is 1. The summed E-state index contributed by atoms with van der Waals surface area (Å²) >= 11 is 0. The van der Waals surface area contributed by atoms with E-state index in [9.17, 15) is 5.11 Å². The van der Waals surface area contributed by atoms with Gasteiger partial charge in [0.2, 0.25) is 0 Å². The van der Waals surface area contributed by atoms with Crippen molar-refractivity contribution in [2.45, 2.75) is 12.0 Å². The molecular formula is C24H24N2O. The van der Waals surface area contributed by atoms with Gasteiger partial charge < -0.3 is 15.4 Å². The van der Waals surface area contributed by atoms with Gasteiger partial charge in [-0.25, -0.2) is 0 Å². The van der Waals surface area contributed by atoms with Crippen molar-refractivity contribution in [2.24, 2.45) is 0 Å². The molecule has 4 aromatic rings. The Morgan fingerprint density at radius 3 is 2.11 bits per heavy atom. The molecule has 0 spiro atoms. The predicted octanol–water partition coefficient (Wildman–Crippen LogP) is 4.62. The van der Waals surface area contributed by atoms with Crippen molar-refractivity contribution in [2.75, 3.05) is 13.1 Å². The standard InChI is InChI=1S/C24H24N2O/c27-24(19-11-5-2-6-12-19)17-25-15-21(18-9-3-1-4-10-18)22-16-26-23-14-8-7-13-20(22)23/h1-14,16,21,24-27H,15,17H2. The number of hydrogen-bond acceptors (Lipinski definition) is 2. The summed E-state index contributed by atoms with van der Waals surface area (Å²) in [6.07, 6.45) is 1.60. The van der Waals surface area contributed by atoms with Crippen molar-refractivity contribution in [3.05, 3.63) is 108 Å². The fraction of sp³-hybridized carbons (Fsp3) is 0.167. The van der Waals surface area contributed by atoms with Crippen LogP contribution < -0.4 is 5.32 Å². The molecule has 0 radical (unpaired) electrons. The summed E-state index contributed by atoms with van der Waals surface area (Å²) in [5.41, 5.74) is 4.63. The van der Waals surface area contributed by atoms with Crippen LogP contribution >= 0.6 is 0 Å². The average molecular weight is 356 g/mol. The first-order valence-electron chi connectivity index (χ1n) is 9.37. The van der Waals surface area contributed by atoms with E-state index in [1.165, 1.54) is 16.5 Å². The summed E-state index contributed by atoms with van der Waals surface area (Å²) < 4.78 is 0. The Balaban J connectivity index is 1.54. The first-order valence-corrected chi connectivity index (χ1v) is 9.37. The molecule has 3 aromatic carbocycles. The van der Waals surface area contributed by atoms with E-state index in [1.807, 2.05) is 36.4 Å². The number of aliphatic hydroxyl groups excluding tert-OH is 1. The molecule has 0 amide bonds. The summed E-state index contributed by atoms with van der Waals surface area (Å²) in [7, 11) is 0. The topological polar surface area (TPSA) is 48.0 Å². The number of hydrogen-bond donors (Lipinski definition) is 3. The van der Waals surface area contributed by atoms with Crippen LogP contribution in [-0.4, -0.2) is 23.2 Å². The minimum absolute atomic E-state index is 0.213. The average Bonchev–Trinajstić information content (AvgIpc) is 3.16. The third kappa shape index (κ3) is 3.95. The molecule has 1 aromatic heterocycles. The third-order valence-corrected chi connectivity index (χ3v) is 5.07. The van der Waals surface area contributed by atoms with Gasteiger partial charge in [0.1, 0.15) is 0 Å². The van der Waals surface area contributed by atoms with E-state index in [4.69, 9.17) is 0 Å². The van der Waals surface area contributed by atoms with Crippen LogP contribution in [0.1, 0.15) is 28.7 Å². The van der Waals surface area contributed by atoms with Crippen LogP contribution in [0.15, 0.2) is 91.1 Å². The molecule has 4 rings (SSSR count). The second-order valence-electron chi connectivity index (χ2n) is 6.84. The highest BCUT2D eigenvalue weighted by atomic mass is 16.3. The Morgan fingerprint density at radius 2 is 1.37 bits per heavy atom. The molecule has 136 valence electrons. The molecule has 3 N–H and O–H groups in total. The largest absolute Gasteiger partial charge is 0.387 e. The lowest BCUT2D eigenvalue weighted by molar-refractivity contribution is 0.174. The highest BCUT2D eigenvalue weighted by molar-refractivity contribution is 5.84. The van der Waals surface area contributed by atoms with Gasteiger partial charge in [0, 0.05) is 36.1 Å². The summed E-state index contributed by atoms with van der Waals surface area (Å²) in [4.78, 5) is 3.39. The maximum atomic E-state index is 10.4. The predicted molar refractivity (Wildman–Crippen MR) is 111 cm³/mol. The van der Waals surface area contributed by atoms with E-state index < -0.39 is 6.10 Å². The van der Waals surface area contributed by atoms with Crippen LogP contribution in [0.3, 0.4) is 0 Å². The molecule has 27 heavy (non-hydrogen) atoms. The molecule has 2 atom stereocenters. The minimum Gasteiger partial charge on any atom is -0.387 e.